The fourth-order valence-corrected chi connectivity index (χ4v) is 4.60. The molecule has 1 unspecified atom stereocenters. The number of carbonyl (C=O) groups excluding carboxylic acids is 1. The highest BCUT2D eigenvalue weighted by Gasteiger charge is 2.23. The van der Waals surface area contributed by atoms with Gasteiger partial charge in [0.15, 0.2) is 5.96 Å². The Bertz CT molecular complexity index is 679. The van der Waals surface area contributed by atoms with Gasteiger partial charge in [-0.15, -0.1) is 0 Å². The first-order chi connectivity index (χ1) is 14.6. The zero-order valence-corrected chi connectivity index (χ0v) is 18.6. The highest BCUT2D eigenvalue weighted by Crippen LogP contribution is 2.20. The van der Waals surface area contributed by atoms with Crippen LogP contribution in [0.1, 0.15) is 63.0 Å². The molecule has 2 fully saturated rings. The lowest BCUT2D eigenvalue weighted by Crippen LogP contribution is -2.47. The first-order valence-corrected chi connectivity index (χ1v) is 11.8. The first-order valence-electron chi connectivity index (χ1n) is 11.8. The summed E-state index contributed by atoms with van der Waals surface area (Å²) in [5.74, 6) is 1.07. The maximum atomic E-state index is 11.3. The molecule has 2 saturated heterocycles. The van der Waals surface area contributed by atoms with Gasteiger partial charge in [0.05, 0.1) is 6.54 Å². The van der Waals surface area contributed by atoms with Crippen molar-refractivity contribution in [1.29, 1.82) is 0 Å². The predicted molar refractivity (Wildman–Crippen MR) is 123 cm³/mol. The Balaban J connectivity index is 1.56. The van der Waals surface area contributed by atoms with Crippen LogP contribution in [0.3, 0.4) is 0 Å². The van der Waals surface area contributed by atoms with Crippen LogP contribution in [0.25, 0.3) is 0 Å². The van der Waals surface area contributed by atoms with E-state index in [1.54, 1.807) is 0 Å². The van der Waals surface area contributed by atoms with Gasteiger partial charge in [-0.25, -0.2) is 4.99 Å². The molecular formula is C24H39N5O. The topological polar surface area (TPSA) is 74.0 Å². The van der Waals surface area contributed by atoms with Crippen LogP contribution in [0.2, 0.25) is 0 Å². The van der Waals surface area contributed by atoms with Crippen molar-refractivity contribution < 1.29 is 4.79 Å². The molecule has 2 aliphatic rings. The summed E-state index contributed by atoms with van der Waals surface area (Å²) in [6.45, 7) is 8.95. The van der Waals surface area contributed by atoms with Crippen molar-refractivity contribution in [2.45, 2.75) is 65.0 Å². The average Bonchev–Trinajstić information content (AvgIpc) is 3.00. The molecule has 0 spiro atoms. The van der Waals surface area contributed by atoms with Gasteiger partial charge in [-0.1, -0.05) is 37.1 Å². The summed E-state index contributed by atoms with van der Waals surface area (Å²) in [6.07, 6.45) is 8.02. The van der Waals surface area contributed by atoms with Crippen molar-refractivity contribution in [3.8, 4) is 0 Å². The molecule has 0 bridgehead atoms. The number of hydrogen-bond donors (Lipinski definition) is 2. The molecule has 166 valence electrons. The van der Waals surface area contributed by atoms with E-state index in [1.807, 2.05) is 0 Å². The van der Waals surface area contributed by atoms with E-state index < -0.39 is 0 Å². The average molecular weight is 414 g/mol. The third kappa shape index (κ3) is 7.31. The number of rotatable bonds is 7. The molecular weight excluding hydrogens is 374 g/mol. The maximum Gasteiger partial charge on any atom is 0.217 e. The summed E-state index contributed by atoms with van der Waals surface area (Å²) in [4.78, 5) is 21.1. The number of primary amides is 1. The van der Waals surface area contributed by atoms with Gasteiger partial charge in [0.25, 0.3) is 0 Å². The minimum atomic E-state index is -0.205. The molecule has 2 aliphatic heterocycles. The lowest BCUT2D eigenvalue weighted by Gasteiger charge is -2.34. The van der Waals surface area contributed by atoms with Gasteiger partial charge >= 0.3 is 0 Å². The molecule has 6 heteroatoms. The Kier molecular flexibility index (Phi) is 9.00. The Morgan fingerprint density at radius 2 is 1.77 bits per heavy atom. The number of carbonyl (C=O) groups is 1. The summed E-state index contributed by atoms with van der Waals surface area (Å²) in [5.41, 5.74) is 8.03. The fraction of sp³-hybridized carbons (Fsp3) is 0.667. The fourth-order valence-electron chi connectivity index (χ4n) is 4.60. The predicted octanol–water partition coefficient (Wildman–Crippen LogP) is 3.12. The molecule has 2 heterocycles. The number of aliphatic imine (C=N–C) groups is 1. The molecule has 0 aromatic heterocycles. The Hall–Kier alpha value is -2.08. The summed E-state index contributed by atoms with van der Waals surface area (Å²) in [5, 5.41) is 3.42. The molecule has 1 aromatic carbocycles. The number of nitrogens with two attached hydrogens (primary N) is 1. The van der Waals surface area contributed by atoms with E-state index in [1.165, 1.54) is 49.9 Å². The Morgan fingerprint density at radius 1 is 1.07 bits per heavy atom. The molecule has 1 atom stereocenters. The SMILES string of the molecule is CCNC(=NCc1ccc(CN2CCCCCC2)cc1)N1CCCC(CC(N)=O)C1. The second kappa shape index (κ2) is 11.9. The monoisotopic (exact) mass is 413 g/mol. The zero-order valence-electron chi connectivity index (χ0n) is 18.6. The van der Waals surface area contributed by atoms with Gasteiger partial charge in [0.2, 0.25) is 5.91 Å². The Labute approximate surface area is 181 Å². The summed E-state index contributed by atoms with van der Waals surface area (Å²) < 4.78 is 0. The minimum Gasteiger partial charge on any atom is -0.370 e. The molecule has 6 nitrogen and oxygen atoms in total. The van der Waals surface area contributed by atoms with Gasteiger partial charge in [-0.05, 0) is 62.7 Å². The van der Waals surface area contributed by atoms with E-state index >= 15 is 0 Å². The molecule has 3 N–H and O–H groups in total. The summed E-state index contributed by atoms with van der Waals surface area (Å²) >= 11 is 0. The van der Waals surface area contributed by atoms with Gasteiger partial charge in [-0.2, -0.15) is 0 Å². The second-order valence-corrected chi connectivity index (χ2v) is 8.80. The number of amides is 1. The number of nitrogens with zero attached hydrogens (tertiary/aromatic N) is 3. The van der Waals surface area contributed by atoms with Crippen LogP contribution >= 0.6 is 0 Å². The number of piperidine rings is 1. The molecule has 1 amide bonds. The van der Waals surface area contributed by atoms with Gasteiger partial charge in [0.1, 0.15) is 0 Å². The molecule has 30 heavy (non-hydrogen) atoms. The van der Waals surface area contributed by atoms with Crippen LogP contribution in [-0.4, -0.2) is 54.4 Å². The first kappa shape index (κ1) is 22.6. The largest absolute Gasteiger partial charge is 0.370 e. The number of likely N-dealkylation sites (tertiary alicyclic amines) is 2. The van der Waals surface area contributed by atoms with Gasteiger partial charge in [-0.3, -0.25) is 9.69 Å². The lowest BCUT2D eigenvalue weighted by molar-refractivity contribution is -0.119. The zero-order chi connectivity index (χ0) is 21.2. The van der Waals surface area contributed by atoms with E-state index in [0.717, 1.165) is 45.0 Å². The van der Waals surface area contributed by atoms with E-state index in [2.05, 4.69) is 46.3 Å². The number of nitrogens with one attached hydrogen (secondary N) is 1. The van der Waals surface area contributed by atoms with Crippen LogP contribution in [0, 0.1) is 5.92 Å². The molecule has 1 aromatic rings. The normalized spacial score (nSPS) is 21.3. The third-order valence-electron chi connectivity index (χ3n) is 6.18. The number of guanidine groups is 1. The van der Waals surface area contributed by atoms with Gasteiger partial charge in [0, 0.05) is 32.6 Å². The van der Waals surface area contributed by atoms with Crippen molar-refractivity contribution in [2.24, 2.45) is 16.6 Å². The van der Waals surface area contributed by atoms with Crippen molar-refractivity contribution in [3.63, 3.8) is 0 Å². The van der Waals surface area contributed by atoms with Gasteiger partial charge < -0.3 is 16.0 Å². The minimum absolute atomic E-state index is 0.205. The summed E-state index contributed by atoms with van der Waals surface area (Å²) in [7, 11) is 0. The number of hydrogen-bond acceptors (Lipinski definition) is 3. The van der Waals surface area contributed by atoms with Crippen LogP contribution in [0.5, 0.6) is 0 Å². The van der Waals surface area contributed by atoms with E-state index in [0.29, 0.717) is 18.9 Å². The molecule has 0 aliphatic carbocycles. The maximum absolute atomic E-state index is 11.3. The van der Waals surface area contributed by atoms with Crippen molar-refractivity contribution >= 4 is 11.9 Å². The smallest absolute Gasteiger partial charge is 0.217 e. The van der Waals surface area contributed by atoms with E-state index in [9.17, 15) is 4.79 Å². The van der Waals surface area contributed by atoms with Crippen molar-refractivity contribution in [3.05, 3.63) is 35.4 Å². The molecule has 0 radical (unpaired) electrons. The number of benzene rings is 1. The Morgan fingerprint density at radius 3 is 2.43 bits per heavy atom. The van der Waals surface area contributed by atoms with Crippen LogP contribution in [0.4, 0.5) is 0 Å². The molecule has 0 saturated carbocycles. The molecule has 3 rings (SSSR count). The highest BCUT2D eigenvalue weighted by atomic mass is 16.1. The highest BCUT2D eigenvalue weighted by molar-refractivity contribution is 5.80. The van der Waals surface area contributed by atoms with Crippen molar-refractivity contribution in [2.75, 3.05) is 32.7 Å². The second-order valence-electron chi connectivity index (χ2n) is 8.80. The van der Waals surface area contributed by atoms with E-state index in [-0.39, 0.29) is 5.91 Å². The van der Waals surface area contributed by atoms with Crippen LogP contribution in [0.15, 0.2) is 29.3 Å². The summed E-state index contributed by atoms with van der Waals surface area (Å²) in [6, 6.07) is 8.94. The van der Waals surface area contributed by atoms with Crippen LogP contribution < -0.4 is 11.1 Å². The lowest BCUT2D eigenvalue weighted by atomic mass is 9.95. The van der Waals surface area contributed by atoms with Crippen molar-refractivity contribution in [1.82, 2.24) is 15.1 Å². The quantitative estimate of drug-likeness (QED) is 0.532. The third-order valence-corrected chi connectivity index (χ3v) is 6.18. The standard InChI is InChI=1S/C24H39N5O/c1-2-26-24(29-15-7-8-22(19-29)16-23(25)30)27-17-20-9-11-21(12-10-20)18-28-13-5-3-4-6-14-28/h9-12,22H,2-8,13-19H2,1H3,(H2,25,30)(H,26,27). The van der Waals surface area contributed by atoms with Crippen LogP contribution in [-0.2, 0) is 17.9 Å². The van der Waals surface area contributed by atoms with E-state index in [4.69, 9.17) is 10.7 Å².